The number of rotatable bonds is 5. The Morgan fingerprint density at radius 1 is 1.15 bits per heavy atom. The summed E-state index contributed by atoms with van der Waals surface area (Å²) in [6, 6.07) is 13.7. The summed E-state index contributed by atoms with van der Waals surface area (Å²) in [6.07, 6.45) is 1.90. The second-order valence-corrected chi connectivity index (χ2v) is 7.61. The van der Waals surface area contributed by atoms with Crippen molar-refractivity contribution in [3.63, 3.8) is 0 Å². The molecule has 0 bridgehead atoms. The monoisotopic (exact) mass is 383 g/mol. The van der Waals surface area contributed by atoms with Gasteiger partial charge in [-0.05, 0) is 43.3 Å². The normalized spacial score (nSPS) is 15.7. The number of nitrogens with one attached hydrogen (secondary N) is 1. The molecule has 1 aromatic carbocycles. The Hall–Kier alpha value is -2.58. The molecule has 1 aliphatic heterocycles. The molecule has 1 aliphatic rings. The van der Waals surface area contributed by atoms with Crippen LogP contribution in [0.2, 0.25) is 0 Å². The molecule has 0 saturated carbocycles. The molecule has 4 rings (SSSR count). The summed E-state index contributed by atoms with van der Waals surface area (Å²) in [5.74, 6) is -0.0631. The minimum absolute atomic E-state index is 0.0631. The van der Waals surface area contributed by atoms with Gasteiger partial charge in [-0.3, -0.25) is 9.20 Å². The van der Waals surface area contributed by atoms with Gasteiger partial charge in [-0.1, -0.05) is 17.8 Å². The summed E-state index contributed by atoms with van der Waals surface area (Å²) < 4.78 is 7.26. The lowest BCUT2D eigenvalue weighted by Gasteiger charge is -2.28. The van der Waals surface area contributed by atoms with E-state index in [0.29, 0.717) is 5.16 Å². The van der Waals surface area contributed by atoms with Crippen molar-refractivity contribution in [2.45, 2.75) is 17.3 Å². The topological polar surface area (TPSA) is 71.8 Å². The molecule has 1 atom stereocenters. The standard InChI is InChI=1S/C19H21N5O2S/c1-14(27-19-22-21-17-4-2-3-9-24(17)19)18(25)20-15-5-7-16(8-6-15)23-10-12-26-13-11-23/h2-9,14H,10-13H2,1H3,(H,20,25). The first-order chi connectivity index (χ1) is 13.2. The third-order valence-corrected chi connectivity index (χ3v) is 5.50. The van der Waals surface area contributed by atoms with Crippen LogP contribution in [-0.4, -0.2) is 52.1 Å². The van der Waals surface area contributed by atoms with Crippen molar-refractivity contribution in [1.29, 1.82) is 0 Å². The van der Waals surface area contributed by atoms with Gasteiger partial charge in [0.25, 0.3) is 0 Å². The van der Waals surface area contributed by atoms with Crippen LogP contribution in [0.4, 0.5) is 11.4 Å². The molecule has 7 nitrogen and oxygen atoms in total. The highest BCUT2D eigenvalue weighted by Gasteiger charge is 2.18. The summed E-state index contributed by atoms with van der Waals surface area (Å²) in [4.78, 5) is 14.8. The number of pyridine rings is 1. The number of carbonyl (C=O) groups excluding carboxylic acids is 1. The van der Waals surface area contributed by atoms with Crippen LogP contribution in [-0.2, 0) is 9.53 Å². The summed E-state index contributed by atoms with van der Waals surface area (Å²) in [5.41, 5.74) is 2.70. The average molecular weight is 383 g/mol. The van der Waals surface area contributed by atoms with Crippen LogP contribution in [0.25, 0.3) is 5.65 Å². The van der Waals surface area contributed by atoms with Crippen LogP contribution in [0, 0.1) is 0 Å². The number of ether oxygens (including phenoxy) is 1. The van der Waals surface area contributed by atoms with Gasteiger partial charge in [0.05, 0.1) is 18.5 Å². The largest absolute Gasteiger partial charge is 0.378 e. The maximum Gasteiger partial charge on any atom is 0.237 e. The first-order valence-electron chi connectivity index (χ1n) is 8.91. The quantitative estimate of drug-likeness (QED) is 0.683. The molecule has 1 amide bonds. The van der Waals surface area contributed by atoms with Crippen molar-refractivity contribution in [1.82, 2.24) is 14.6 Å². The number of carbonyl (C=O) groups is 1. The molecule has 0 aliphatic carbocycles. The lowest BCUT2D eigenvalue weighted by atomic mass is 10.2. The van der Waals surface area contributed by atoms with E-state index in [1.165, 1.54) is 11.8 Å². The van der Waals surface area contributed by atoms with Gasteiger partial charge >= 0.3 is 0 Å². The predicted molar refractivity (Wildman–Crippen MR) is 106 cm³/mol. The van der Waals surface area contributed by atoms with Crippen LogP contribution in [0.15, 0.2) is 53.8 Å². The van der Waals surface area contributed by atoms with E-state index in [0.717, 1.165) is 43.3 Å². The van der Waals surface area contributed by atoms with Gasteiger partial charge < -0.3 is 15.0 Å². The van der Waals surface area contributed by atoms with E-state index in [9.17, 15) is 4.79 Å². The molecule has 0 radical (unpaired) electrons. The number of anilines is 2. The van der Waals surface area contributed by atoms with Crippen molar-refractivity contribution < 1.29 is 9.53 Å². The van der Waals surface area contributed by atoms with E-state index in [1.807, 2.05) is 60.0 Å². The first kappa shape index (κ1) is 17.8. The fourth-order valence-corrected chi connectivity index (χ4v) is 3.77. The van der Waals surface area contributed by atoms with Crippen LogP contribution in [0.3, 0.4) is 0 Å². The fraction of sp³-hybridized carbons (Fsp3) is 0.316. The third-order valence-electron chi connectivity index (χ3n) is 4.44. The Labute approximate surface area is 161 Å². The number of hydrogen-bond acceptors (Lipinski definition) is 6. The maximum absolute atomic E-state index is 12.5. The van der Waals surface area contributed by atoms with Gasteiger partial charge in [0, 0.05) is 30.7 Å². The number of benzene rings is 1. The molecule has 3 heterocycles. The summed E-state index contributed by atoms with van der Waals surface area (Å²) in [5, 5.41) is 11.7. The molecule has 27 heavy (non-hydrogen) atoms. The van der Waals surface area contributed by atoms with Crippen molar-refractivity contribution >= 4 is 34.7 Å². The van der Waals surface area contributed by atoms with E-state index >= 15 is 0 Å². The molecule has 2 aromatic heterocycles. The molecular formula is C19H21N5O2S. The van der Waals surface area contributed by atoms with Gasteiger partial charge in [0.2, 0.25) is 5.91 Å². The Kier molecular flexibility index (Phi) is 5.26. The number of morpholine rings is 1. The number of amides is 1. The van der Waals surface area contributed by atoms with Gasteiger partial charge in [-0.15, -0.1) is 10.2 Å². The SMILES string of the molecule is CC(Sc1nnc2ccccn12)C(=O)Nc1ccc(N2CCOCC2)cc1. The van der Waals surface area contributed by atoms with Gasteiger partial charge in [-0.2, -0.15) is 0 Å². The predicted octanol–water partition coefficient (Wildman–Crippen LogP) is 2.69. The smallest absolute Gasteiger partial charge is 0.237 e. The van der Waals surface area contributed by atoms with E-state index < -0.39 is 0 Å². The lowest BCUT2D eigenvalue weighted by Crippen LogP contribution is -2.36. The Balaban J connectivity index is 1.38. The average Bonchev–Trinajstić information content (AvgIpc) is 3.12. The summed E-state index contributed by atoms with van der Waals surface area (Å²) >= 11 is 1.39. The Morgan fingerprint density at radius 3 is 2.70 bits per heavy atom. The Bertz CT molecular complexity index is 921. The fourth-order valence-electron chi connectivity index (χ4n) is 2.93. The van der Waals surface area contributed by atoms with E-state index in [2.05, 4.69) is 20.4 Å². The maximum atomic E-state index is 12.5. The zero-order valence-corrected chi connectivity index (χ0v) is 15.9. The summed E-state index contributed by atoms with van der Waals surface area (Å²) in [7, 11) is 0. The molecule has 140 valence electrons. The van der Waals surface area contributed by atoms with Crippen molar-refractivity contribution in [2.75, 3.05) is 36.5 Å². The lowest BCUT2D eigenvalue weighted by molar-refractivity contribution is -0.115. The zero-order chi connectivity index (χ0) is 18.6. The van der Waals surface area contributed by atoms with Crippen molar-refractivity contribution in [3.8, 4) is 0 Å². The minimum Gasteiger partial charge on any atom is -0.378 e. The highest BCUT2D eigenvalue weighted by molar-refractivity contribution is 8.00. The number of fused-ring (bicyclic) bond motifs is 1. The van der Waals surface area contributed by atoms with Crippen LogP contribution in [0.5, 0.6) is 0 Å². The number of thioether (sulfide) groups is 1. The van der Waals surface area contributed by atoms with Crippen LogP contribution in [0.1, 0.15) is 6.92 Å². The van der Waals surface area contributed by atoms with Crippen molar-refractivity contribution in [2.24, 2.45) is 0 Å². The number of aromatic nitrogens is 3. The highest BCUT2D eigenvalue weighted by atomic mass is 32.2. The van der Waals surface area contributed by atoms with E-state index in [1.54, 1.807) is 0 Å². The molecule has 1 N–H and O–H groups in total. The second kappa shape index (κ2) is 7.98. The molecule has 0 spiro atoms. The van der Waals surface area contributed by atoms with E-state index in [-0.39, 0.29) is 11.2 Å². The molecular weight excluding hydrogens is 362 g/mol. The molecule has 1 saturated heterocycles. The minimum atomic E-state index is -0.295. The van der Waals surface area contributed by atoms with Crippen molar-refractivity contribution in [3.05, 3.63) is 48.7 Å². The number of hydrogen-bond donors (Lipinski definition) is 1. The first-order valence-corrected chi connectivity index (χ1v) is 9.79. The molecule has 1 unspecified atom stereocenters. The van der Waals surface area contributed by atoms with Gasteiger partial charge in [-0.25, -0.2) is 0 Å². The van der Waals surface area contributed by atoms with Gasteiger partial charge in [0.15, 0.2) is 10.8 Å². The summed E-state index contributed by atoms with van der Waals surface area (Å²) in [6.45, 7) is 5.17. The highest BCUT2D eigenvalue weighted by Crippen LogP contribution is 2.24. The Morgan fingerprint density at radius 2 is 1.93 bits per heavy atom. The molecule has 8 heteroatoms. The van der Waals surface area contributed by atoms with Gasteiger partial charge in [0.1, 0.15) is 0 Å². The van der Waals surface area contributed by atoms with E-state index in [4.69, 9.17) is 4.74 Å². The van der Waals surface area contributed by atoms with Crippen LogP contribution < -0.4 is 10.2 Å². The third kappa shape index (κ3) is 4.06. The molecule has 3 aromatic rings. The van der Waals surface area contributed by atoms with Crippen LogP contribution >= 0.6 is 11.8 Å². The second-order valence-electron chi connectivity index (χ2n) is 6.31. The zero-order valence-electron chi connectivity index (χ0n) is 15.0. The molecule has 1 fully saturated rings. The number of nitrogens with zero attached hydrogens (tertiary/aromatic N) is 4.